The fourth-order valence-corrected chi connectivity index (χ4v) is 2.31. The summed E-state index contributed by atoms with van der Waals surface area (Å²) in [5.74, 6) is 1.29. The van der Waals surface area contributed by atoms with E-state index >= 15 is 0 Å². The molecule has 0 fully saturated rings. The van der Waals surface area contributed by atoms with Gasteiger partial charge in [-0.3, -0.25) is 4.79 Å². The first kappa shape index (κ1) is 16.5. The van der Waals surface area contributed by atoms with E-state index in [0.29, 0.717) is 23.5 Å². The van der Waals surface area contributed by atoms with Crippen molar-refractivity contribution < 1.29 is 9.53 Å². The molecular formula is C20H19N3O2. The number of nitrogens with one attached hydrogen (secondary N) is 2. The highest BCUT2D eigenvalue weighted by atomic mass is 16.5. The largest absolute Gasteiger partial charge is 0.497 e. The third-order valence-corrected chi connectivity index (χ3v) is 3.69. The Kier molecular flexibility index (Phi) is 5.26. The van der Waals surface area contributed by atoms with Crippen LogP contribution in [0.3, 0.4) is 0 Å². The Bertz CT molecular complexity index is 816. The second-order valence-electron chi connectivity index (χ2n) is 5.45. The number of anilines is 2. The normalized spacial score (nSPS) is 10.1. The van der Waals surface area contributed by atoms with Crippen LogP contribution in [0.15, 0.2) is 72.9 Å². The molecule has 0 saturated carbocycles. The van der Waals surface area contributed by atoms with Crippen LogP contribution in [0.4, 0.5) is 11.5 Å². The molecule has 0 unspecified atom stereocenters. The van der Waals surface area contributed by atoms with E-state index in [1.54, 1.807) is 37.6 Å². The highest BCUT2D eigenvalue weighted by molar-refractivity contribution is 6.04. The molecule has 1 aromatic heterocycles. The minimum Gasteiger partial charge on any atom is -0.497 e. The van der Waals surface area contributed by atoms with Crippen molar-refractivity contribution in [2.75, 3.05) is 17.7 Å². The summed E-state index contributed by atoms with van der Waals surface area (Å²) in [5, 5.41) is 6.07. The van der Waals surface area contributed by atoms with Crippen LogP contribution in [0.2, 0.25) is 0 Å². The summed E-state index contributed by atoms with van der Waals surface area (Å²) in [6.07, 6.45) is 1.63. The van der Waals surface area contributed by atoms with Crippen molar-refractivity contribution in [1.29, 1.82) is 0 Å². The Morgan fingerprint density at radius 1 is 1.00 bits per heavy atom. The third-order valence-electron chi connectivity index (χ3n) is 3.69. The summed E-state index contributed by atoms with van der Waals surface area (Å²) >= 11 is 0. The van der Waals surface area contributed by atoms with Crippen LogP contribution in [-0.2, 0) is 6.54 Å². The maximum absolute atomic E-state index is 12.2. The van der Waals surface area contributed by atoms with E-state index in [-0.39, 0.29) is 5.91 Å². The van der Waals surface area contributed by atoms with Gasteiger partial charge in [-0.05, 0) is 42.0 Å². The summed E-state index contributed by atoms with van der Waals surface area (Å²) in [7, 11) is 1.59. The van der Waals surface area contributed by atoms with Gasteiger partial charge in [0.2, 0.25) is 0 Å². The Balaban J connectivity index is 1.57. The SMILES string of the molecule is COc1ccc(C(=O)Nc2ccc(NCc3ccccc3)nc2)cc1. The van der Waals surface area contributed by atoms with Gasteiger partial charge in [-0.1, -0.05) is 30.3 Å². The molecule has 3 aromatic rings. The third kappa shape index (κ3) is 4.57. The van der Waals surface area contributed by atoms with Gasteiger partial charge in [-0.25, -0.2) is 4.98 Å². The van der Waals surface area contributed by atoms with Crippen molar-refractivity contribution in [3.63, 3.8) is 0 Å². The molecule has 5 nitrogen and oxygen atoms in total. The molecule has 0 aliphatic rings. The summed E-state index contributed by atoms with van der Waals surface area (Å²) in [4.78, 5) is 16.5. The molecule has 0 aliphatic carbocycles. The predicted octanol–water partition coefficient (Wildman–Crippen LogP) is 3.95. The molecule has 0 radical (unpaired) electrons. The first-order chi connectivity index (χ1) is 12.2. The number of benzene rings is 2. The van der Waals surface area contributed by atoms with Crippen LogP contribution < -0.4 is 15.4 Å². The van der Waals surface area contributed by atoms with Gasteiger partial charge < -0.3 is 15.4 Å². The van der Waals surface area contributed by atoms with Crippen molar-refractivity contribution >= 4 is 17.4 Å². The molecular weight excluding hydrogens is 314 g/mol. The average Bonchev–Trinajstić information content (AvgIpc) is 2.68. The van der Waals surface area contributed by atoms with Crippen molar-refractivity contribution in [3.05, 3.63) is 84.1 Å². The molecule has 0 saturated heterocycles. The standard InChI is InChI=1S/C20H19N3O2/c1-25-18-10-7-16(8-11-18)20(24)23-17-9-12-19(22-14-17)21-13-15-5-3-2-4-6-15/h2-12,14H,13H2,1H3,(H,21,22)(H,23,24). The first-order valence-electron chi connectivity index (χ1n) is 7.94. The molecule has 3 rings (SSSR count). The Labute approximate surface area is 146 Å². The van der Waals surface area contributed by atoms with Crippen LogP contribution in [-0.4, -0.2) is 18.0 Å². The quantitative estimate of drug-likeness (QED) is 0.717. The van der Waals surface area contributed by atoms with Gasteiger partial charge in [0, 0.05) is 12.1 Å². The number of nitrogens with zero attached hydrogens (tertiary/aromatic N) is 1. The van der Waals surface area contributed by atoms with E-state index in [1.807, 2.05) is 30.3 Å². The molecule has 1 amide bonds. The number of carbonyl (C=O) groups is 1. The summed E-state index contributed by atoms with van der Waals surface area (Å²) in [6, 6.07) is 20.7. The number of hydrogen-bond donors (Lipinski definition) is 2. The topological polar surface area (TPSA) is 63.2 Å². The first-order valence-corrected chi connectivity index (χ1v) is 7.94. The van der Waals surface area contributed by atoms with E-state index in [1.165, 1.54) is 5.56 Å². The van der Waals surface area contributed by atoms with E-state index in [4.69, 9.17) is 4.74 Å². The molecule has 5 heteroatoms. The van der Waals surface area contributed by atoms with Crippen LogP contribution in [0.5, 0.6) is 5.75 Å². The number of carbonyl (C=O) groups excluding carboxylic acids is 1. The van der Waals surface area contributed by atoms with Gasteiger partial charge in [0.05, 0.1) is 19.0 Å². The highest BCUT2D eigenvalue weighted by Gasteiger charge is 2.06. The van der Waals surface area contributed by atoms with Crippen molar-refractivity contribution in [1.82, 2.24) is 4.98 Å². The van der Waals surface area contributed by atoms with Crippen molar-refractivity contribution in [3.8, 4) is 5.75 Å². The minimum absolute atomic E-state index is 0.186. The zero-order valence-electron chi connectivity index (χ0n) is 13.9. The molecule has 0 atom stereocenters. The summed E-state index contributed by atoms with van der Waals surface area (Å²) in [5.41, 5.74) is 2.39. The number of amides is 1. The molecule has 25 heavy (non-hydrogen) atoms. The van der Waals surface area contributed by atoms with Gasteiger partial charge in [0.25, 0.3) is 5.91 Å². The zero-order chi connectivity index (χ0) is 17.5. The number of hydrogen-bond acceptors (Lipinski definition) is 4. The molecule has 0 spiro atoms. The van der Waals surface area contributed by atoms with E-state index in [9.17, 15) is 4.79 Å². The maximum atomic E-state index is 12.2. The Hall–Kier alpha value is -3.34. The second-order valence-corrected chi connectivity index (χ2v) is 5.45. The average molecular weight is 333 g/mol. The van der Waals surface area contributed by atoms with Crippen molar-refractivity contribution in [2.45, 2.75) is 6.54 Å². The van der Waals surface area contributed by atoms with Crippen LogP contribution >= 0.6 is 0 Å². The van der Waals surface area contributed by atoms with E-state index in [2.05, 4.69) is 27.8 Å². The second kappa shape index (κ2) is 7.97. The van der Waals surface area contributed by atoms with Gasteiger partial charge in [0.1, 0.15) is 11.6 Å². The van der Waals surface area contributed by atoms with Gasteiger partial charge >= 0.3 is 0 Å². The van der Waals surface area contributed by atoms with Crippen LogP contribution in [0.25, 0.3) is 0 Å². The molecule has 2 aromatic carbocycles. The smallest absolute Gasteiger partial charge is 0.255 e. The van der Waals surface area contributed by atoms with Gasteiger partial charge in [0.15, 0.2) is 0 Å². The molecule has 126 valence electrons. The number of methoxy groups -OCH3 is 1. The number of aromatic nitrogens is 1. The zero-order valence-corrected chi connectivity index (χ0v) is 13.9. The van der Waals surface area contributed by atoms with Crippen molar-refractivity contribution in [2.24, 2.45) is 0 Å². The Morgan fingerprint density at radius 2 is 1.76 bits per heavy atom. The fourth-order valence-electron chi connectivity index (χ4n) is 2.31. The Morgan fingerprint density at radius 3 is 2.40 bits per heavy atom. The number of rotatable bonds is 6. The minimum atomic E-state index is -0.186. The lowest BCUT2D eigenvalue weighted by Gasteiger charge is -2.08. The lowest BCUT2D eigenvalue weighted by molar-refractivity contribution is 0.102. The van der Waals surface area contributed by atoms with Gasteiger partial charge in [-0.15, -0.1) is 0 Å². The maximum Gasteiger partial charge on any atom is 0.255 e. The molecule has 2 N–H and O–H groups in total. The van der Waals surface area contributed by atoms with E-state index in [0.717, 1.165) is 5.82 Å². The lowest BCUT2D eigenvalue weighted by atomic mass is 10.2. The highest BCUT2D eigenvalue weighted by Crippen LogP contribution is 2.15. The summed E-state index contributed by atoms with van der Waals surface area (Å²) < 4.78 is 5.09. The summed E-state index contributed by atoms with van der Waals surface area (Å²) in [6.45, 7) is 0.700. The fraction of sp³-hybridized carbons (Fsp3) is 0.100. The van der Waals surface area contributed by atoms with Crippen LogP contribution in [0.1, 0.15) is 15.9 Å². The van der Waals surface area contributed by atoms with Gasteiger partial charge in [-0.2, -0.15) is 0 Å². The molecule has 0 aliphatic heterocycles. The van der Waals surface area contributed by atoms with E-state index < -0.39 is 0 Å². The predicted molar refractivity (Wildman–Crippen MR) is 99.0 cm³/mol. The molecule has 1 heterocycles. The number of pyridine rings is 1. The van der Waals surface area contributed by atoms with Crippen LogP contribution in [0, 0.1) is 0 Å². The molecule has 0 bridgehead atoms. The lowest BCUT2D eigenvalue weighted by Crippen LogP contribution is -2.12. The monoisotopic (exact) mass is 333 g/mol. The number of ether oxygens (including phenoxy) is 1.